The smallest absolute Gasteiger partial charge is 0.412 e. The van der Waals surface area contributed by atoms with Crippen LogP contribution in [0.15, 0.2) is 54.6 Å². The zero-order valence-electron chi connectivity index (χ0n) is 32.2. The maximum Gasteiger partial charge on any atom is 0.412 e. The highest BCUT2D eigenvalue weighted by atomic mass is 35.5. The van der Waals surface area contributed by atoms with Crippen molar-refractivity contribution >= 4 is 80.5 Å². The Labute approximate surface area is 331 Å². The number of carbonyl (C=O) groups is 6. The average Bonchev–Trinajstić information content (AvgIpc) is 3.73. The molecule has 57 heavy (non-hydrogen) atoms. The molecule has 0 saturated carbocycles. The lowest BCUT2D eigenvalue weighted by molar-refractivity contribution is -0.282. The average molecular weight is 808 g/mol. The molecule has 2 amide bonds. The van der Waals surface area contributed by atoms with Crippen molar-refractivity contribution in [3.63, 3.8) is 0 Å². The topological polar surface area (TPSA) is 198 Å². The predicted molar refractivity (Wildman–Crippen MR) is 205 cm³/mol. The minimum Gasteiger partial charge on any atom is -0.467 e. The first kappa shape index (κ1) is 40.8. The summed E-state index contributed by atoms with van der Waals surface area (Å²) >= 11 is 6.53. The number of amides is 2. The van der Waals surface area contributed by atoms with Crippen LogP contribution < -0.4 is 15.0 Å². The summed E-state index contributed by atoms with van der Waals surface area (Å²) in [6.45, 7) is 8.77. The molecular weight excluding hydrogens is 766 g/mol. The number of nitrogens with zero attached hydrogens (tertiary/aromatic N) is 1. The number of aromatic nitrogens is 1. The minimum atomic E-state index is -1.68. The molecule has 1 fully saturated rings. The lowest BCUT2D eigenvalue weighted by atomic mass is 9.95. The Morgan fingerprint density at radius 1 is 0.877 bits per heavy atom. The van der Waals surface area contributed by atoms with Gasteiger partial charge in [-0.15, -0.1) is 11.6 Å². The van der Waals surface area contributed by atoms with E-state index in [1.54, 1.807) is 68.1 Å². The van der Waals surface area contributed by atoms with Gasteiger partial charge in [-0.1, -0.05) is 24.3 Å². The number of hydrogen-bond acceptors (Lipinski definition) is 13. The first-order valence-corrected chi connectivity index (χ1v) is 18.5. The van der Waals surface area contributed by atoms with E-state index in [-0.39, 0.29) is 35.7 Å². The van der Waals surface area contributed by atoms with Crippen LogP contribution >= 0.6 is 11.6 Å². The van der Waals surface area contributed by atoms with Gasteiger partial charge in [-0.25, -0.2) is 9.59 Å². The number of benzene rings is 3. The van der Waals surface area contributed by atoms with Crippen LogP contribution in [0, 0.1) is 0 Å². The fraction of sp³-hybridized carbons (Fsp3) is 0.400. The lowest BCUT2D eigenvalue weighted by Crippen LogP contribution is -2.64. The number of esters is 4. The van der Waals surface area contributed by atoms with E-state index in [1.165, 1.54) is 0 Å². The molecule has 2 aliphatic heterocycles. The van der Waals surface area contributed by atoms with Gasteiger partial charge in [-0.3, -0.25) is 24.5 Å². The number of rotatable bonds is 9. The quantitative estimate of drug-likeness (QED) is 0.118. The maximum absolute atomic E-state index is 14.4. The van der Waals surface area contributed by atoms with Gasteiger partial charge in [0, 0.05) is 67.2 Å². The van der Waals surface area contributed by atoms with Crippen molar-refractivity contribution in [1.29, 1.82) is 0 Å². The molecule has 3 aromatic carbocycles. The highest BCUT2D eigenvalue weighted by molar-refractivity contribution is 6.19. The van der Waals surface area contributed by atoms with Crippen LogP contribution in [0.3, 0.4) is 0 Å². The van der Waals surface area contributed by atoms with E-state index in [4.69, 9.17) is 44.8 Å². The van der Waals surface area contributed by atoms with Crippen molar-refractivity contribution in [3.8, 4) is 5.75 Å². The number of fused-ring (bicyclic) bond motifs is 4. The van der Waals surface area contributed by atoms with Crippen LogP contribution in [-0.4, -0.2) is 96.7 Å². The maximum atomic E-state index is 14.4. The fourth-order valence-electron chi connectivity index (χ4n) is 7.02. The van der Waals surface area contributed by atoms with E-state index in [1.807, 2.05) is 12.1 Å². The molecule has 0 bridgehead atoms. The number of methoxy groups -OCH3 is 1. The zero-order chi connectivity index (χ0) is 41.3. The van der Waals surface area contributed by atoms with Gasteiger partial charge in [0.1, 0.15) is 17.0 Å². The second-order valence-electron chi connectivity index (χ2n) is 14.5. The van der Waals surface area contributed by atoms with Crippen LogP contribution in [0.4, 0.5) is 16.2 Å². The predicted octanol–water partition coefficient (Wildman–Crippen LogP) is 5.72. The molecule has 16 nitrogen and oxygen atoms in total. The molecule has 17 heteroatoms. The standard InChI is InChI=1S/C40H42ClN3O13/c1-19(45)52-32-33(53-20(2)46)35(54-21(3)47)38(56-34(32)37(49)51-7)55-30-16-29-31(26-11-9-8-10-25(26)30)23(17-41)18-44(29)36(48)28-15-22-14-24(12-13-27(22)43-28)42-39(50)57-40(4,5)6/h8-16,23,32-35,38,43H,17-18H2,1-7H3,(H,42,50)/t23-,32-,33+,34+,35-,38+/m1/s1. The molecule has 4 aromatic rings. The Morgan fingerprint density at radius 3 is 2.16 bits per heavy atom. The second-order valence-corrected chi connectivity index (χ2v) is 14.8. The number of carbonyl (C=O) groups excluding carboxylic acids is 6. The van der Waals surface area contributed by atoms with Crippen molar-refractivity contribution in [2.24, 2.45) is 0 Å². The van der Waals surface area contributed by atoms with E-state index in [0.29, 0.717) is 33.1 Å². The number of H-pyrrole nitrogens is 1. The summed E-state index contributed by atoms with van der Waals surface area (Å²) < 4.78 is 39.3. The van der Waals surface area contributed by atoms with Crippen molar-refractivity contribution < 1.29 is 61.9 Å². The van der Waals surface area contributed by atoms with Crippen LogP contribution in [-0.2, 0) is 47.6 Å². The van der Waals surface area contributed by atoms with Crippen molar-refractivity contribution in [1.82, 2.24) is 4.98 Å². The number of alkyl halides is 1. The molecule has 3 heterocycles. The molecule has 1 saturated heterocycles. The first-order chi connectivity index (χ1) is 27.0. The third kappa shape index (κ3) is 8.76. The summed E-state index contributed by atoms with van der Waals surface area (Å²) in [5.74, 6) is -3.85. The molecule has 0 unspecified atom stereocenters. The summed E-state index contributed by atoms with van der Waals surface area (Å²) in [5.41, 5.74) is 1.92. The molecule has 6 rings (SSSR count). The Kier molecular flexibility index (Phi) is 11.7. The second kappa shape index (κ2) is 16.3. The van der Waals surface area contributed by atoms with Crippen LogP contribution in [0.25, 0.3) is 21.7 Å². The van der Waals surface area contributed by atoms with Crippen LogP contribution in [0.5, 0.6) is 5.75 Å². The van der Waals surface area contributed by atoms with E-state index >= 15 is 0 Å². The Bertz CT molecular complexity index is 2250. The van der Waals surface area contributed by atoms with Gasteiger partial charge in [0.2, 0.25) is 12.4 Å². The van der Waals surface area contributed by atoms with Gasteiger partial charge in [0.05, 0.1) is 12.8 Å². The minimum absolute atomic E-state index is 0.144. The Balaban J connectivity index is 1.40. The monoisotopic (exact) mass is 807 g/mol. The van der Waals surface area contributed by atoms with Crippen molar-refractivity contribution in [2.75, 3.05) is 29.8 Å². The third-order valence-corrected chi connectivity index (χ3v) is 9.51. The number of halogens is 1. The van der Waals surface area contributed by atoms with Gasteiger partial charge in [-0.2, -0.15) is 0 Å². The van der Waals surface area contributed by atoms with Crippen LogP contribution in [0.1, 0.15) is 63.5 Å². The largest absolute Gasteiger partial charge is 0.467 e. The highest BCUT2D eigenvalue weighted by Crippen LogP contribution is 2.47. The number of hydrogen-bond donors (Lipinski definition) is 2. The van der Waals surface area contributed by atoms with Gasteiger partial charge >= 0.3 is 30.0 Å². The Morgan fingerprint density at radius 2 is 1.53 bits per heavy atom. The summed E-state index contributed by atoms with van der Waals surface area (Å²) in [7, 11) is 1.09. The summed E-state index contributed by atoms with van der Waals surface area (Å²) in [6, 6.07) is 15.6. The van der Waals surface area contributed by atoms with E-state index in [9.17, 15) is 28.8 Å². The van der Waals surface area contributed by atoms with Gasteiger partial charge < -0.3 is 43.0 Å². The summed E-state index contributed by atoms with van der Waals surface area (Å²) in [5, 5.41) is 4.61. The highest BCUT2D eigenvalue weighted by Gasteiger charge is 2.56. The molecule has 0 radical (unpaired) electrons. The normalized spacial score (nSPS) is 21.6. The molecular formula is C40H42ClN3O13. The van der Waals surface area contributed by atoms with Crippen molar-refractivity contribution in [3.05, 3.63) is 65.9 Å². The lowest BCUT2D eigenvalue weighted by Gasteiger charge is -2.43. The van der Waals surface area contributed by atoms with Gasteiger partial charge in [-0.05, 0) is 56.0 Å². The first-order valence-electron chi connectivity index (χ1n) is 18.0. The number of anilines is 2. The Hall–Kier alpha value is -5.87. The van der Waals surface area contributed by atoms with Crippen LogP contribution in [0.2, 0.25) is 0 Å². The molecule has 1 aromatic heterocycles. The number of aromatic amines is 1. The summed E-state index contributed by atoms with van der Waals surface area (Å²) in [4.78, 5) is 81.5. The van der Waals surface area contributed by atoms with Gasteiger partial charge in [0.15, 0.2) is 18.3 Å². The summed E-state index contributed by atoms with van der Waals surface area (Å²) in [6.07, 6.45) is -8.65. The van der Waals surface area contributed by atoms with E-state index in [0.717, 1.165) is 33.4 Å². The number of nitrogens with one attached hydrogen (secondary N) is 2. The molecule has 302 valence electrons. The SMILES string of the molecule is COC(=O)[C@H]1O[C@H](Oc2cc3c(c4ccccc24)[C@H](CCl)CN3C(=O)c2cc3cc(NC(=O)OC(C)(C)C)ccc3[nH]2)[C@H](OC(C)=O)[C@@H](OC(C)=O)[C@H]1OC(C)=O. The molecule has 2 N–H and O–H groups in total. The molecule has 6 atom stereocenters. The zero-order valence-corrected chi connectivity index (χ0v) is 33.0. The molecule has 2 aliphatic rings. The molecule has 0 aliphatic carbocycles. The van der Waals surface area contributed by atoms with E-state index < -0.39 is 66.3 Å². The third-order valence-electron chi connectivity index (χ3n) is 9.13. The van der Waals surface area contributed by atoms with Gasteiger partial charge in [0.25, 0.3) is 5.91 Å². The molecule has 0 spiro atoms. The van der Waals surface area contributed by atoms with Crippen molar-refractivity contribution in [2.45, 2.75) is 83.8 Å². The van der Waals surface area contributed by atoms with E-state index in [2.05, 4.69) is 10.3 Å². The fourth-order valence-corrected chi connectivity index (χ4v) is 7.27. The number of ether oxygens (including phenoxy) is 7.